The minimum atomic E-state index is -0.478. The molecule has 0 saturated heterocycles. The molecule has 6 nitrogen and oxygen atoms in total. The lowest BCUT2D eigenvalue weighted by Crippen LogP contribution is -2.04. The number of aryl methyl sites for hydroxylation is 1. The number of pyridine rings is 2. The first-order chi connectivity index (χ1) is 9.08. The van der Waals surface area contributed by atoms with E-state index in [0.717, 1.165) is 11.1 Å². The molecule has 0 aliphatic carbocycles. The summed E-state index contributed by atoms with van der Waals surface area (Å²) >= 11 is 3.27. The van der Waals surface area contributed by atoms with Gasteiger partial charge < -0.3 is 5.32 Å². The third kappa shape index (κ3) is 3.25. The van der Waals surface area contributed by atoms with Gasteiger partial charge in [0.25, 0.3) is 5.69 Å². The van der Waals surface area contributed by atoms with E-state index in [4.69, 9.17) is 0 Å². The molecule has 2 heterocycles. The van der Waals surface area contributed by atoms with E-state index in [9.17, 15) is 10.1 Å². The molecule has 0 bridgehead atoms. The van der Waals surface area contributed by atoms with E-state index in [-0.39, 0.29) is 5.69 Å². The van der Waals surface area contributed by atoms with Crippen LogP contribution in [0.1, 0.15) is 11.1 Å². The van der Waals surface area contributed by atoms with Crippen molar-refractivity contribution in [2.24, 2.45) is 0 Å². The first-order valence-electron chi connectivity index (χ1n) is 5.51. The molecule has 98 valence electrons. The Balaban J connectivity index is 2.12. The van der Waals surface area contributed by atoms with Gasteiger partial charge in [-0.15, -0.1) is 0 Å². The molecular weight excluding hydrogens is 312 g/mol. The smallest absolute Gasteiger partial charge is 0.288 e. The number of hydrogen-bond acceptors (Lipinski definition) is 5. The molecule has 0 aliphatic rings. The summed E-state index contributed by atoms with van der Waals surface area (Å²) in [5, 5.41) is 13.7. The highest BCUT2D eigenvalue weighted by atomic mass is 79.9. The highest BCUT2D eigenvalue weighted by molar-refractivity contribution is 9.10. The summed E-state index contributed by atoms with van der Waals surface area (Å²) in [5.41, 5.74) is 2.13. The third-order valence-electron chi connectivity index (χ3n) is 2.62. The Kier molecular flexibility index (Phi) is 4.06. The van der Waals surface area contributed by atoms with E-state index in [1.54, 1.807) is 12.4 Å². The molecule has 0 unspecified atom stereocenters. The van der Waals surface area contributed by atoms with E-state index in [1.807, 2.05) is 13.0 Å². The summed E-state index contributed by atoms with van der Waals surface area (Å²) in [6.07, 6.45) is 4.74. The number of rotatable bonds is 4. The van der Waals surface area contributed by atoms with Crippen molar-refractivity contribution in [1.29, 1.82) is 0 Å². The van der Waals surface area contributed by atoms with Crippen LogP contribution < -0.4 is 5.32 Å². The molecule has 0 fully saturated rings. The van der Waals surface area contributed by atoms with Crippen molar-refractivity contribution >= 4 is 27.4 Å². The van der Waals surface area contributed by atoms with Crippen molar-refractivity contribution in [3.05, 3.63) is 56.4 Å². The summed E-state index contributed by atoms with van der Waals surface area (Å²) in [5.74, 6) is 0.571. The molecule has 0 amide bonds. The Hall–Kier alpha value is -2.02. The predicted molar refractivity (Wildman–Crippen MR) is 74.9 cm³/mol. The van der Waals surface area contributed by atoms with Gasteiger partial charge in [-0.1, -0.05) is 0 Å². The summed E-state index contributed by atoms with van der Waals surface area (Å²) < 4.78 is 0.563. The number of halogens is 1. The van der Waals surface area contributed by atoms with Crippen molar-refractivity contribution in [1.82, 2.24) is 9.97 Å². The largest absolute Gasteiger partial charge is 0.365 e. The van der Waals surface area contributed by atoms with Crippen molar-refractivity contribution in [3.8, 4) is 0 Å². The van der Waals surface area contributed by atoms with Crippen molar-refractivity contribution in [2.45, 2.75) is 13.5 Å². The number of aromatic nitrogens is 2. The van der Waals surface area contributed by atoms with Crippen LogP contribution >= 0.6 is 15.9 Å². The average Bonchev–Trinajstić information content (AvgIpc) is 2.39. The molecule has 19 heavy (non-hydrogen) atoms. The fourth-order valence-corrected chi connectivity index (χ4v) is 2.01. The van der Waals surface area contributed by atoms with Gasteiger partial charge >= 0.3 is 0 Å². The van der Waals surface area contributed by atoms with Crippen molar-refractivity contribution in [2.75, 3.05) is 5.32 Å². The van der Waals surface area contributed by atoms with Crippen LogP contribution in [0.4, 0.5) is 11.5 Å². The molecule has 7 heteroatoms. The number of nitro groups is 1. The highest BCUT2D eigenvalue weighted by Crippen LogP contribution is 2.24. The van der Waals surface area contributed by atoms with E-state index in [2.05, 4.69) is 31.2 Å². The van der Waals surface area contributed by atoms with Crippen LogP contribution in [0.2, 0.25) is 0 Å². The highest BCUT2D eigenvalue weighted by Gasteiger charge is 2.10. The van der Waals surface area contributed by atoms with E-state index in [1.165, 1.54) is 12.3 Å². The fraction of sp³-hybridized carbons (Fsp3) is 0.167. The van der Waals surface area contributed by atoms with Gasteiger partial charge in [-0.2, -0.15) is 0 Å². The zero-order valence-electron chi connectivity index (χ0n) is 10.1. The molecule has 0 aliphatic heterocycles. The number of nitrogens with zero attached hydrogens (tertiary/aromatic N) is 3. The van der Waals surface area contributed by atoms with Gasteiger partial charge in [-0.05, 0) is 40.0 Å². The normalized spacial score (nSPS) is 10.2. The zero-order chi connectivity index (χ0) is 13.8. The van der Waals surface area contributed by atoms with Crippen LogP contribution in [0, 0.1) is 17.0 Å². The predicted octanol–water partition coefficient (Wildman–Crippen LogP) is 3.07. The van der Waals surface area contributed by atoms with Gasteiger partial charge in [-0.25, -0.2) is 4.98 Å². The maximum absolute atomic E-state index is 10.6. The minimum absolute atomic E-state index is 0.0440. The minimum Gasteiger partial charge on any atom is -0.365 e. The molecule has 1 N–H and O–H groups in total. The molecule has 2 rings (SSSR count). The summed E-state index contributed by atoms with van der Waals surface area (Å²) in [6, 6.07) is 3.34. The Morgan fingerprint density at radius 3 is 2.89 bits per heavy atom. The second-order valence-corrected chi connectivity index (χ2v) is 4.79. The maximum atomic E-state index is 10.6. The summed E-state index contributed by atoms with van der Waals surface area (Å²) in [6.45, 7) is 2.56. The van der Waals surface area contributed by atoms with Crippen LogP contribution in [0.5, 0.6) is 0 Å². The topological polar surface area (TPSA) is 81.0 Å². The van der Waals surface area contributed by atoms with Crippen molar-refractivity contribution < 1.29 is 4.92 Å². The van der Waals surface area contributed by atoms with Gasteiger partial charge in [0, 0.05) is 25.0 Å². The lowest BCUT2D eigenvalue weighted by atomic mass is 10.1. The van der Waals surface area contributed by atoms with Crippen LogP contribution in [0.25, 0.3) is 0 Å². The van der Waals surface area contributed by atoms with Crippen LogP contribution in [-0.4, -0.2) is 14.9 Å². The first-order valence-corrected chi connectivity index (χ1v) is 6.30. The number of hydrogen-bond donors (Lipinski definition) is 1. The lowest BCUT2D eigenvalue weighted by molar-refractivity contribution is -0.385. The van der Waals surface area contributed by atoms with E-state index in [0.29, 0.717) is 16.8 Å². The number of nitrogens with one attached hydrogen (secondary N) is 1. The fourth-order valence-electron chi connectivity index (χ4n) is 1.54. The second-order valence-electron chi connectivity index (χ2n) is 3.94. The van der Waals surface area contributed by atoms with Gasteiger partial charge in [-0.3, -0.25) is 15.1 Å². The lowest BCUT2D eigenvalue weighted by Gasteiger charge is -2.09. The molecule has 2 aromatic rings. The van der Waals surface area contributed by atoms with Gasteiger partial charge in [0.2, 0.25) is 0 Å². The van der Waals surface area contributed by atoms with Gasteiger partial charge in [0.15, 0.2) is 0 Å². The molecule has 0 aromatic carbocycles. The van der Waals surface area contributed by atoms with E-state index < -0.39 is 4.92 Å². The average molecular weight is 323 g/mol. The van der Waals surface area contributed by atoms with Crippen LogP contribution in [0.3, 0.4) is 0 Å². The summed E-state index contributed by atoms with van der Waals surface area (Å²) in [4.78, 5) is 18.2. The van der Waals surface area contributed by atoms with Crippen LogP contribution in [-0.2, 0) is 6.54 Å². The third-order valence-corrected chi connectivity index (χ3v) is 3.22. The molecule has 0 atom stereocenters. The van der Waals surface area contributed by atoms with E-state index >= 15 is 0 Å². The Morgan fingerprint density at radius 1 is 1.47 bits per heavy atom. The maximum Gasteiger partial charge on any atom is 0.288 e. The molecular formula is C12H11BrN4O2. The van der Waals surface area contributed by atoms with Gasteiger partial charge in [0.05, 0.1) is 9.40 Å². The zero-order valence-corrected chi connectivity index (χ0v) is 11.7. The Bertz CT molecular complexity index is 618. The quantitative estimate of drug-likeness (QED) is 0.691. The second kappa shape index (κ2) is 5.75. The SMILES string of the molecule is Cc1cnccc1CNc1ncc([N+](=O)[O-])cc1Br. The Morgan fingerprint density at radius 2 is 2.26 bits per heavy atom. The molecule has 0 spiro atoms. The Labute approximate surface area is 118 Å². The summed E-state index contributed by atoms with van der Waals surface area (Å²) in [7, 11) is 0. The standard InChI is InChI=1S/C12H11BrN4O2/c1-8-5-14-3-2-9(8)6-15-12-11(13)4-10(7-16-12)17(18)19/h2-5,7H,6H2,1H3,(H,15,16). The van der Waals surface area contributed by atoms with Crippen molar-refractivity contribution in [3.63, 3.8) is 0 Å². The van der Waals surface area contributed by atoms with Gasteiger partial charge in [0.1, 0.15) is 12.0 Å². The molecule has 0 radical (unpaired) electrons. The van der Waals surface area contributed by atoms with Crippen LogP contribution in [0.15, 0.2) is 35.2 Å². The molecule has 2 aromatic heterocycles. The first kappa shape index (κ1) is 13.4. The number of anilines is 1. The molecule has 0 saturated carbocycles. The monoisotopic (exact) mass is 322 g/mol.